The Balaban J connectivity index is 3.98. The summed E-state index contributed by atoms with van der Waals surface area (Å²) >= 11 is 0. The van der Waals surface area contributed by atoms with E-state index in [0.717, 1.165) is 32.1 Å². The number of unbranched alkanes of at least 4 members (excludes halogenated alkanes) is 4. The summed E-state index contributed by atoms with van der Waals surface area (Å²) in [7, 11) is 0. The van der Waals surface area contributed by atoms with Crippen LogP contribution in [-0.2, 0) is 24.3 Å². The molecule has 0 bridgehead atoms. The van der Waals surface area contributed by atoms with Crippen LogP contribution in [0.15, 0.2) is 0 Å². The fourth-order valence-electron chi connectivity index (χ4n) is 1.63. The van der Waals surface area contributed by atoms with Gasteiger partial charge < -0.3 is 5.11 Å². The molecule has 6 heteroatoms. The average molecular weight is 334 g/mol. The van der Waals surface area contributed by atoms with E-state index < -0.39 is 23.5 Å². The Hall–Kier alpha value is -0.690. The van der Waals surface area contributed by atoms with E-state index >= 15 is 0 Å². The van der Waals surface area contributed by atoms with Crippen molar-refractivity contribution in [2.45, 2.75) is 104 Å². The minimum Gasteiger partial charge on any atom is -0.481 e. The number of carbonyl (C=O) groups is 1. The SMILES string of the molecule is CC(C)(C)OOC(CCCCCCCC(=O)O)OOC(C)(C)C. The molecule has 6 nitrogen and oxygen atoms in total. The van der Waals surface area contributed by atoms with Gasteiger partial charge in [-0.3, -0.25) is 4.79 Å². The van der Waals surface area contributed by atoms with Crippen LogP contribution in [0, 0.1) is 0 Å². The van der Waals surface area contributed by atoms with Gasteiger partial charge in [-0.05, 0) is 54.4 Å². The molecule has 0 saturated heterocycles. The van der Waals surface area contributed by atoms with Crippen LogP contribution in [0.5, 0.6) is 0 Å². The van der Waals surface area contributed by atoms with Crippen molar-refractivity contribution in [2.24, 2.45) is 0 Å². The molecule has 0 radical (unpaired) electrons. The summed E-state index contributed by atoms with van der Waals surface area (Å²) in [6.07, 6.45) is 4.88. The summed E-state index contributed by atoms with van der Waals surface area (Å²) in [6.45, 7) is 11.4. The van der Waals surface area contributed by atoms with Gasteiger partial charge in [0.15, 0.2) is 0 Å². The highest BCUT2D eigenvalue weighted by Crippen LogP contribution is 2.18. The van der Waals surface area contributed by atoms with E-state index in [1.54, 1.807) is 0 Å². The molecule has 0 spiro atoms. The van der Waals surface area contributed by atoms with E-state index in [-0.39, 0.29) is 6.42 Å². The molecule has 0 heterocycles. The third-order valence-corrected chi connectivity index (χ3v) is 2.64. The van der Waals surface area contributed by atoms with Crippen molar-refractivity contribution < 1.29 is 29.5 Å². The summed E-state index contributed by atoms with van der Waals surface area (Å²) in [6, 6.07) is 0. The normalized spacial score (nSPS) is 12.8. The molecule has 0 aliphatic heterocycles. The van der Waals surface area contributed by atoms with Crippen LogP contribution in [0.25, 0.3) is 0 Å². The quantitative estimate of drug-likeness (QED) is 0.243. The number of hydrogen-bond acceptors (Lipinski definition) is 5. The van der Waals surface area contributed by atoms with Gasteiger partial charge in [-0.2, -0.15) is 0 Å². The lowest BCUT2D eigenvalue weighted by atomic mass is 10.1. The monoisotopic (exact) mass is 334 g/mol. The predicted octanol–water partition coefficient (Wildman–Crippen LogP) is 4.62. The number of carboxylic acid groups (broad SMARTS) is 1. The van der Waals surface area contributed by atoms with Gasteiger partial charge in [0.05, 0.1) is 11.2 Å². The minimum absolute atomic E-state index is 0.244. The second-order valence-electron chi connectivity index (χ2n) is 7.71. The van der Waals surface area contributed by atoms with Crippen LogP contribution in [0.1, 0.15) is 86.5 Å². The third-order valence-electron chi connectivity index (χ3n) is 2.64. The Morgan fingerprint density at radius 1 is 0.826 bits per heavy atom. The maximum Gasteiger partial charge on any atom is 0.303 e. The zero-order chi connectivity index (χ0) is 17.9. The maximum absolute atomic E-state index is 10.4. The molecule has 0 aromatic heterocycles. The standard InChI is InChI=1S/C17H34O6/c1-16(2,3)22-20-15(21-23-17(4,5)6)13-11-9-7-8-10-12-14(18)19/h15H,7-13H2,1-6H3,(H,18,19). The Morgan fingerprint density at radius 2 is 1.26 bits per heavy atom. The van der Waals surface area contributed by atoms with Gasteiger partial charge in [0.2, 0.25) is 6.29 Å². The molecule has 0 fully saturated rings. The average Bonchev–Trinajstić information content (AvgIpc) is 2.37. The van der Waals surface area contributed by atoms with Crippen LogP contribution < -0.4 is 0 Å². The molecule has 138 valence electrons. The van der Waals surface area contributed by atoms with Gasteiger partial charge in [-0.1, -0.05) is 19.3 Å². The van der Waals surface area contributed by atoms with Crippen LogP contribution in [0.4, 0.5) is 0 Å². The van der Waals surface area contributed by atoms with Crippen molar-refractivity contribution in [3.8, 4) is 0 Å². The van der Waals surface area contributed by atoms with Gasteiger partial charge in [-0.15, -0.1) is 0 Å². The molecular weight excluding hydrogens is 300 g/mol. The molecule has 0 atom stereocenters. The van der Waals surface area contributed by atoms with Crippen molar-refractivity contribution in [3.05, 3.63) is 0 Å². The summed E-state index contributed by atoms with van der Waals surface area (Å²) < 4.78 is 0. The Bertz CT molecular complexity index is 298. The Morgan fingerprint density at radius 3 is 1.70 bits per heavy atom. The van der Waals surface area contributed by atoms with Crippen LogP contribution in [-0.4, -0.2) is 28.6 Å². The topological polar surface area (TPSA) is 74.2 Å². The van der Waals surface area contributed by atoms with E-state index in [1.165, 1.54) is 0 Å². The Kier molecular flexibility index (Phi) is 10.6. The van der Waals surface area contributed by atoms with Gasteiger partial charge in [-0.25, -0.2) is 19.6 Å². The van der Waals surface area contributed by atoms with E-state index in [2.05, 4.69) is 0 Å². The van der Waals surface area contributed by atoms with Gasteiger partial charge >= 0.3 is 5.97 Å². The van der Waals surface area contributed by atoms with Gasteiger partial charge in [0.1, 0.15) is 0 Å². The molecule has 0 rings (SSSR count). The van der Waals surface area contributed by atoms with E-state index in [1.807, 2.05) is 41.5 Å². The van der Waals surface area contributed by atoms with E-state index in [0.29, 0.717) is 6.42 Å². The molecule has 0 aromatic carbocycles. The fourth-order valence-corrected chi connectivity index (χ4v) is 1.63. The highest BCUT2D eigenvalue weighted by molar-refractivity contribution is 5.66. The Labute approximate surface area is 140 Å². The van der Waals surface area contributed by atoms with Crippen molar-refractivity contribution in [3.63, 3.8) is 0 Å². The smallest absolute Gasteiger partial charge is 0.303 e. The molecule has 0 saturated carbocycles. The number of rotatable bonds is 12. The van der Waals surface area contributed by atoms with Gasteiger partial charge in [0, 0.05) is 12.8 Å². The summed E-state index contributed by atoms with van der Waals surface area (Å²) in [5.41, 5.74) is -0.833. The lowest BCUT2D eigenvalue weighted by Gasteiger charge is -2.25. The molecule has 1 N–H and O–H groups in total. The lowest BCUT2D eigenvalue weighted by Crippen LogP contribution is -2.29. The van der Waals surface area contributed by atoms with Gasteiger partial charge in [0.25, 0.3) is 0 Å². The van der Waals surface area contributed by atoms with Crippen LogP contribution in [0.3, 0.4) is 0 Å². The second-order valence-corrected chi connectivity index (χ2v) is 7.71. The summed E-state index contributed by atoms with van der Waals surface area (Å²) in [5.74, 6) is -0.731. The van der Waals surface area contributed by atoms with E-state index in [9.17, 15) is 4.79 Å². The maximum atomic E-state index is 10.4. The molecule has 0 aliphatic rings. The summed E-state index contributed by atoms with van der Waals surface area (Å²) in [5, 5.41) is 8.58. The number of aliphatic carboxylic acids is 1. The zero-order valence-electron chi connectivity index (χ0n) is 15.5. The highest BCUT2D eigenvalue weighted by atomic mass is 17.3. The number of carboxylic acids is 1. The first-order chi connectivity index (χ1) is 10.5. The molecule has 23 heavy (non-hydrogen) atoms. The summed E-state index contributed by atoms with van der Waals surface area (Å²) in [4.78, 5) is 31.7. The molecular formula is C17H34O6. The minimum atomic E-state index is -0.731. The largest absolute Gasteiger partial charge is 0.481 e. The van der Waals surface area contributed by atoms with Crippen molar-refractivity contribution in [1.82, 2.24) is 0 Å². The van der Waals surface area contributed by atoms with Crippen molar-refractivity contribution in [1.29, 1.82) is 0 Å². The highest BCUT2D eigenvalue weighted by Gasteiger charge is 2.21. The first-order valence-electron chi connectivity index (χ1n) is 8.40. The van der Waals surface area contributed by atoms with Crippen molar-refractivity contribution >= 4 is 5.97 Å². The molecule has 0 amide bonds. The molecule has 0 aliphatic carbocycles. The lowest BCUT2D eigenvalue weighted by molar-refractivity contribution is -0.497. The van der Waals surface area contributed by atoms with Crippen LogP contribution >= 0.6 is 0 Å². The van der Waals surface area contributed by atoms with Crippen molar-refractivity contribution in [2.75, 3.05) is 0 Å². The first kappa shape index (κ1) is 22.3. The molecule has 0 aromatic rings. The van der Waals surface area contributed by atoms with E-state index in [4.69, 9.17) is 24.7 Å². The fraction of sp³-hybridized carbons (Fsp3) is 0.941. The number of hydrogen-bond donors (Lipinski definition) is 1. The molecule has 0 unspecified atom stereocenters. The van der Waals surface area contributed by atoms with Crippen LogP contribution in [0.2, 0.25) is 0 Å². The predicted molar refractivity (Wildman–Crippen MR) is 87.6 cm³/mol. The third kappa shape index (κ3) is 17.5. The zero-order valence-corrected chi connectivity index (χ0v) is 15.5. The first-order valence-corrected chi connectivity index (χ1v) is 8.40. The second kappa shape index (κ2) is 11.0.